The predicted octanol–water partition coefficient (Wildman–Crippen LogP) is 12.8. The molecule has 4 heteroatoms. The maximum Gasteiger partial charge on any atom is 0.160 e. The molecule has 250 valence electrons. The van der Waals surface area contributed by atoms with Crippen LogP contribution in [-0.4, -0.2) is 14.5 Å². The Kier molecular flexibility index (Phi) is 6.27. The van der Waals surface area contributed by atoms with Crippen LogP contribution in [-0.2, 0) is 5.41 Å². The molecule has 4 nitrogen and oxygen atoms in total. The summed E-state index contributed by atoms with van der Waals surface area (Å²) in [6, 6.07) is 58.0. The fourth-order valence-electron chi connectivity index (χ4n) is 8.55. The molecule has 0 bridgehead atoms. The Morgan fingerprint density at radius 2 is 1.04 bits per heavy atom. The van der Waals surface area contributed by atoms with E-state index in [1.54, 1.807) is 0 Å². The molecule has 1 aliphatic carbocycles. The summed E-state index contributed by atoms with van der Waals surface area (Å²) in [6.07, 6.45) is 0. The van der Waals surface area contributed by atoms with E-state index >= 15 is 0 Å². The van der Waals surface area contributed by atoms with Gasteiger partial charge in [0.25, 0.3) is 0 Å². The van der Waals surface area contributed by atoms with E-state index in [9.17, 15) is 0 Å². The second kappa shape index (κ2) is 11.1. The minimum absolute atomic E-state index is 0.214. The molecule has 0 saturated carbocycles. The first-order valence-electron chi connectivity index (χ1n) is 18.2. The zero-order valence-corrected chi connectivity index (χ0v) is 29.3. The van der Waals surface area contributed by atoms with Crippen molar-refractivity contribution in [1.82, 2.24) is 14.5 Å². The topological polar surface area (TPSA) is 43.9 Å². The fraction of sp³-hybridized carbons (Fsp3) is 0.0612. The quantitative estimate of drug-likeness (QED) is 0.186. The summed E-state index contributed by atoms with van der Waals surface area (Å²) >= 11 is 0. The van der Waals surface area contributed by atoms with E-state index in [2.05, 4.69) is 164 Å². The summed E-state index contributed by atoms with van der Waals surface area (Å²) in [4.78, 5) is 10.4. The molecule has 1 aliphatic rings. The standard InChI is InChI=1S/C49H33N3O/c1-49(2)40-27-45-38(25-35(40)36-26-39-34-20-12-13-21-46(34)53-47(39)28-41(36)49)37-24-32(22-23-44(37)52(45)33-18-10-5-11-19-33)48-50-42(30-14-6-3-7-15-30)29-43(51-48)31-16-8-4-9-17-31/h3-29H,1-2H3. The van der Waals surface area contributed by atoms with E-state index in [0.29, 0.717) is 5.82 Å². The lowest BCUT2D eigenvalue weighted by Crippen LogP contribution is -2.15. The molecule has 3 aromatic heterocycles. The number of hydrogen-bond acceptors (Lipinski definition) is 3. The fourth-order valence-corrected chi connectivity index (χ4v) is 8.55. The summed E-state index contributed by atoms with van der Waals surface area (Å²) in [5.74, 6) is 0.703. The predicted molar refractivity (Wildman–Crippen MR) is 218 cm³/mol. The van der Waals surface area contributed by atoms with Crippen LogP contribution in [0.4, 0.5) is 0 Å². The van der Waals surface area contributed by atoms with Crippen molar-refractivity contribution in [2.75, 3.05) is 0 Å². The van der Waals surface area contributed by atoms with Crippen molar-refractivity contribution in [3.05, 3.63) is 175 Å². The second-order valence-electron chi connectivity index (χ2n) is 14.6. The molecule has 3 heterocycles. The number of aromatic nitrogens is 3. The Labute approximate surface area is 306 Å². The van der Waals surface area contributed by atoms with E-state index in [-0.39, 0.29) is 5.41 Å². The van der Waals surface area contributed by atoms with Crippen molar-refractivity contribution in [2.45, 2.75) is 19.3 Å². The van der Waals surface area contributed by atoms with E-state index in [1.165, 1.54) is 38.5 Å². The smallest absolute Gasteiger partial charge is 0.160 e. The first-order valence-corrected chi connectivity index (χ1v) is 18.2. The van der Waals surface area contributed by atoms with Crippen molar-refractivity contribution in [3.63, 3.8) is 0 Å². The lowest BCUT2D eigenvalue weighted by molar-refractivity contribution is 0.647. The average molecular weight is 680 g/mol. The minimum atomic E-state index is -0.214. The van der Waals surface area contributed by atoms with Gasteiger partial charge in [-0.1, -0.05) is 111 Å². The zero-order valence-electron chi connectivity index (χ0n) is 29.3. The van der Waals surface area contributed by atoms with Crippen LogP contribution in [0, 0.1) is 0 Å². The lowest BCUT2D eigenvalue weighted by atomic mass is 9.82. The summed E-state index contributed by atoms with van der Waals surface area (Å²) < 4.78 is 8.79. The van der Waals surface area contributed by atoms with E-state index in [0.717, 1.165) is 61.2 Å². The van der Waals surface area contributed by atoms with E-state index < -0.39 is 0 Å². The highest BCUT2D eigenvalue weighted by Crippen LogP contribution is 2.53. The number of benzene rings is 7. The molecule has 0 atom stereocenters. The molecule has 0 spiro atoms. The number of hydrogen-bond donors (Lipinski definition) is 0. The van der Waals surface area contributed by atoms with Gasteiger partial charge in [-0.2, -0.15) is 0 Å². The first kappa shape index (κ1) is 29.9. The molecule has 0 N–H and O–H groups in total. The maximum absolute atomic E-state index is 6.38. The molecule has 0 saturated heterocycles. The van der Waals surface area contributed by atoms with Crippen LogP contribution in [0.2, 0.25) is 0 Å². The van der Waals surface area contributed by atoms with Gasteiger partial charge < -0.3 is 8.98 Å². The highest BCUT2D eigenvalue weighted by Gasteiger charge is 2.37. The molecule has 7 aromatic carbocycles. The largest absolute Gasteiger partial charge is 0.456 e. The Balaban J connectivity index is 1.18. The molecule has 0 amide bonds. The van der Waals surface area contributed by atoms with Crippen molar-refractivity contribution in [1.29, 1.82) is 0 Å². The highest BCUT2D eigenvalue weighted by molar-refractivity contribution is 6.14. The van der Waals surface area contributed by atoms with E-state index in [1.807, 2.05) is 18.2 Å². The molecule has 0 radical (unpaired) electrons. The summed E-state index contributed by atoms with van der Waals surface area (Å²) in [6.45, 7) is 4.68. The molecule has 0 fully saturated rings. The number of nitrogens with zero attached hydrogens (tertiary/aromatic N) is 3. The molecule has 0 aliphatic heterocycles. The normalized spacial score (nSPS) is 13.2. The third kappa shape index (κ3) is 4.49. The molecule has 11 rings (SSSR count). The molecule has 0 unspecified atom stereocenters. The van der Waals surface area contributed by atoms with Gasteiger partial charge in [0.2, 0.25) is 0 Å². The van der Waals surface area contributed by atoms with Gasteiger partial charge in [-0.3, -0.25) is 0 Å². The summed E-state index contributed by atoms with van der Waals surface area (Å²) in [5, 5.41) is 4.67. The van der Waals surface area contributed by atoms with Crippen LogP contribution in [0.1, 0.15) is 25.0 Å². The second-order valence-corrected chi connectivity index (χ2v) is 14.6. The molecular formula is C49H33N3O. The number of fused-ring (bicyclic) bond motifs is 9. The van der Waals surface area contributed by atoms with Crippen LogP contribution in [0.25, 0.3) is 94.5 Å². The number of para-hydroxylation sites is 2. The Hall–Kier alpha value is -6.78. The van der Waals surface area contributed by atoms with Crippen molar-refractivity contribution >= 4 is 43.7 Å². The maximum atomic E-state index is 6.38. The van der Waals surface area contributed by atoms with Crippen molar-refractivity contribution in [2.24, 2.45) is 0 Å². The molecular weight excluding hydrogens is 647 g/mol. The van der Waals surface area contributed by atoms with Gasteiger partial charge in [0.1, 0.15) is 11.2 Å². The van der Waals surface area contributed by atoms with Gasteiger partial charge >= 0.3 is 0 Å². The third-order valence-electron chi connectivity index (χ3n) is 11.2. The molecule has 10 aromatic rings. The molecule has 53 heavy (non-hydrogen) atoms. The van der Waals surface area contributed by atoms with Gasteiger partial charge in [-0.25, -0.2) is 9.97 Å². The average Bonchev–Trinajstić information content (AvgIpc) is 3.81. The van der Waals surface area contributed by atoms with Gasteiger partial charge in [0.05, 0.1) is 22.4 Å². The van der Waals surface area contributed by atoms with Crippen LogP contribution in [0.15, 0.2) is 168 Å². The Morgan fingerprint density at radius 3 is 1.74 bits per heavy atom. The highest BCUT2D eigenvalue weighted by atomic mass is 16.3. The van der Waals surface area contributed by atoms with Crippen LogP contribution in [0.5, 0.6) is 0 Å². The van der Waals surface area contributed by atoms with Gasteiger partial charge in [-0.05, 0) is 89.0 Å². The number of rotatable bonds is 4. The van der Waals surface area contributed by atoms with Crippen molar-refractivity contribution < 1.29 is 4.42 Å². The third-order valence-corrected chi connectivity index (χ3v) is 11.2. The number of furan rings is 1. The van der Waals surface area contributed by atoms with Crippen LogP contribution in [0.3, 0.4) is 0 Å². The summed E-state index contributed by atoms with van der Waals surface area (Å²) in [7, 11) is 0. The van der Waals surface area contributed by atoms with Gasteiger partial charge in [0, 0.05) is 49.3 Å². The minimum Gasteiger partial charge on any atom is -0.456 e. The SMILES string of the molecule is CC1(C)c2cc3oc4ccccc4c3cc2-c2cc3c4cc(-c5nc(-c6ccccc6)cc(-c6ccccc6)n5)ccc4n(-c4ccccc4)c3cc21. The van der Waals surface area contributed by atoms with Crippen molar-refractivity contribution in [3.8, 4) is 50.7 Å². The zero-order chi connectivity index (χ0) is 35.3. The van der Waals surface area contributed by atoms with Gasteiger partial charge in [0.15, 0.2) is 5.82 Å². The van der Waals surface area contributed by atoms with Gasteiger partial charge in [-0.15, -0.1) is 0 Å². The van der Waals surface area contributed by atoms with E-state index in [4.69, 9.17) is 14.4 Å². The Bertz CT molecular complexity index is 3010. The summed E-state index contributed by atoms with van der Waals surface area (Å²) in [5.41, 5.74) is 15.2. The van der Waals surface area contributed by atoms with Crippen LogP contribution >= 0.6 is 0 Å². The van der Waals surface area contributed by atoms with Crippen LogP contribution < -0.4 is 0 Å². The first-order chi connectivity index (χ1) is 26.0. The Morgan fingerprint density at radius 1 is 0.453 bits per heavy atom. The lowest BCUT2D eigenvalue weighted by Gasteiger charge is -2.21. The monoisotopic (exact) mass is 679 g/mol.